The monoisotopic (exact) mass is 412 g/mol. The van der Waals surface area contributed by atoms with Crippen LogP contribution in [0.2, 0.25) is 0 Å². The van der Waals surface area contributed by atoms with E-state index in [2.05, 4.69) is 5.32 Å². The molecule has 0 saturated heterocycles. The number of carbonyl (C=O) groups is 2. The minimum atomic E-state index is -3.58. The van der Waals surface area contributed by atoms with E-state index in [-0.39, 0.29) is 28.1 Å². The molecule has 3 rings (SSSR count). The van der Waals surface area contributed by atoms with Crippen molar-refractivity contribution in [1.29, 1.82) is 0 Å². The van der Waals surface area contributed by atoms with Crippen molar-refractivity contribution in [3.63, 3.8) is 0 Å². The molecule has 0 saturated carbocycles. The third kappa shape index (κ3) is 4.91. The Labute approximate surface area is 168 Å². The van der Waals surface area contributed by atoms with E-state index in [4.69, 9.17) is 4.42 Å². The summed E-state index contributed by atoms with van der Waals surface area (Å²) in [6, 6.07) is 17.4. The summed E-state index contributed by atoms with van der Waals surface area (Å²) in [5, 5.41) is 2.65. The molecule has 1 N–H and O–H groups in total. The second-order valence-electron chi connectivity index (χ2n) is 6.57. The van der Waals surface area contributed by atoms with Crippen molar-refractivity contribution in [2.75, 3.05) is 19.4 Å². The predicted molar refractivity (Wildman–Crippen MR) is 108 cm³/mol. The van der Waals surface area contributed by atoms with Crippen LogP contribution in [0.1, 0.15) is 26.7 Å². The second kappa shape index (κ2) is 8.32. The van der Waals surface area contributed by atoms with E-state index in [0.29, 0.717) is 11.3 Å². The van der Waals surface area contributed by atoms with Gasteiger partial charge in [0.25, 0.3) is 11.8 Å². The molecular weight excluding hydrogens is 392 g/mol. The van der Waals surface area contributed by atoms with Crippen LogP contribution in [0.25, 0.3) is 0 Å². The van der Waals surface area contributed by atoms with Crippen LogP contribution in [0.5, 0.6) is 0 Å². The average molecular weight is 412 g/mol. The largest absolute Gasteiger partial charge is 0.455 e. The smallest absolute Gasteiger partial charge is 0.291 e. The number of nitrogens with one attached hydrogen (secondary N) is 1. The number of anilines is 1. The summed E-state index contributed by atoms with van der Waals surface area (Å²) in [4.78, 5) is 26.1. The number of furan rings is 1. The quantitative estimate of drug-likeness (QED) is 0.671. The van der Waals surface area contributed by atoms with Crippen LogP contribution >= 0.6 is 0 Å². The Hall–Kier alpha value is -3.39. The van der Waals surface area contributed by atoms with Crippen LogP contribution in [-0.4, -0.2) is 39.2 Å². The van der Waals surface area contributed by atoms with Crippen molar-refractivity contribution >= 4 is 27.3 Å². The average Bonchev–Trinajstić information content (AvgIpc) is 3.16. The maximum absolute atomic E-state index is 12.4. The standard InChI is InChI=1S/C21H20N2O5S/c1-23(2)21(25)15-7-6-8-16(13-15)22-20(24)19-12-11-17(28-19)14-29(26,27)18-9-4-3-5-10-18/h3-13H,14H2,1-2H3,(H,22,24). The fourth-order valence-electron chi connectivity index (χ4n) is 2.66. The second-order valence-corrected chi connectivity index (χ2v) is 8.56. The zero-order valence-corrected chi connectivity index (χ0v) is 16.8. The van der Waals surface area contributed by atoms with Gasteiger partial charge >= 0.3 is 0 Å². The molecule has 0 aliphatic heterocycles. The SMILES string of the molecule is CN(C)C(=O)c1cccc(NC(=O)c2ccc(CS(=O)(=O)c3ccccc3)o2)c1. The van der Waals surface area contributed by atoms with Crippen molar-refractivity contribution in [1.82, 2.24) is 4.90 Å². The molecule has 0 atom stereocenters. The van der Waals surface area contributed by atoms with E-state index in [1.54, 1.807) is 56.6 Å². The van der Waals surface area contributed by atoms with Gasteiger partial charge in [0.15, 0.2) is 15.6 Å². The van der Waals surface area contributed by atoms with Gasteiger partial charge in [-0.05, 0) is 42.5 Å². The zero-order chi connectivity index (χ0) is 21.0. The molecule has 0 fully saturated rings. The van der Waals surface area contributed by atoms with Crippen molar-refractivity contribution < 1.29 is 22.4 Å². The number of benzene rings is 2. The van der Waals surface area contributed by atoms with Gasteiger partial charge in [0.1, 0.15) is 11.5 Å². The Morgan fingerprint density at radius 2 is 1.69 bits per heavy atom. The van der Waals surface area contributed by atoms with Gasteiger partial charge in [-0.15, -0.1) is 0 Å². The zero-order valence-electron chi connectivity index (χ0n) is 16.0. The van der Waals surface area contributed by atoms with Crippen LogP contribution in [0.3, 0.4) is 0 Å². The summed E-state index contributed by atoms with van der Waals surface area (Å²) in [7, 11) is -0.295. The van der Waals surface area contributed by atoms with Crippen molar-refractivity contribution in [3.05, 3.63) is 83.8 Å². The molecule has 0 radical (unpaired) electrons. The fraction of sp³-hybridized carbons (Fsp3) is 0.143. The molecule has 2 aromatic carbocycles. The third-order valence-electron chi connectivity index (χ3n) is 4.09. The van der Waals surface area contributed by atoms with Gasteiger partial charge in [-0.3, -0.25) is 9.59 Å². The molecule has 7 nitrogen and oxygen atoms in total. The molecule has 29 heavy (non-hydrogen) atoms. The fourth-order valence-corrected chi connectivity index (χ4v) is 3.93. The van der Waals surface area contributed by atoms with Gasteiger partial charge in [-0.1, -0.05) is 24.3 Å². The molecule has 8 heteroatoms. The highest BCUT2D eigenvalue weighted by Gasteiger charge is 2.19. The molecular formula is C21H20N2O5S. The Morgan fingerprint density at radius 3 is 2.38 bits per heavy atom. The first-order chi connectivity index (χ1) is 13.8. The van der Waals surface area contributed by atoms with E-state index in [1.807, 2.05) is 0 Å². The summed E-state index contributed by atoms with van der Waals surface area (Å²) in [5.74, 6) is -0.935. The van der Waals surface area contributed by atoms with E-state index in [0.717, 1.165) is 0 Å². The minimum Gasteiger partial charge on any atom is -0.455 e. The number of nitrogens with zero attached hydrogens (tertiary/aromatic N) is 1. The molecule has 150 valence electrons. The van der Waals surface area contributed by atoms with Crippen molar-refractivity contribution in [3.8, 4) is 0 Å². The lowest BCUT2D eigenvalue weighted by molar-refractivity contribution is 0.0827. The number of rotatable bonds is 6. The molecule has 3 aromatic rings. The molecule has 1 aromatic heterocycles. The van der Waals surface area contributed by atoms with Crippen LogP contribution in [0.4, 0.5) is 5.69 Å². The summed E-state index contributed by atoms with van der Waals surface area (Å²) in [5.41, 5.74) is 0.861. The van der Waals surface area contributed by atoms with E-state index < -0.39 is 15.7 Å². The van der Waals surface area contributed by atoms with Gasteiger partial charge in [0.2, 0.25) is 0 Å². The highest BCUT2D eigenvalue weighted by Crippen LogP contribution is 2.19. The Bertz CT molecular complexity index is 1130. The third-order valence-corrected chi connectivity index (χ3v) is 5.75. The normalized spacial score (nSPS) is 11.1. The predicted octanol–water partition coefficient (Wildman–Crippen LogP) is 3.21. The van der Waals surface area contributed by atoms with Crippen molar-refractivity contribution in [2.45, 2.75) is 10.6 Å². The number of amides is 2. The Morgan fingerprint density at radius 1 is 0.966 bits per heavy atom. The number of hydrogen-bond donors (Lipinski definition) is 1. The minimum absolute atomic E-state index is 0.0207. The van der Waals surface area contributed by atoms with E-state index in [9.17, 15) is 18.0 Å². The molecule has 0 aliphatic carbocycles. The summed E-state index contributed by atoms with van der Waals surface area (Å²) >= 11 is 0. The molecule has 2 amide bonds. The molecule has 0 unspecified atom stereocenters. The topological polar surface area (TPSA) is 96.7 Å². The van der Waals surface area contributed by atoms with Crippen LogP contribution in [0, 0.1) is 0 Å². The highest BCUT2D eigenvalue weighted by atomic mass is 32.2. The van der Waals surface area contributed by atoms with Crippen LogP contribution in [-0.2, 0) is 15.6 Å². The maximum atomic E-state index is 12.4. The first-order valence-corrected chi connectivity index (χ1v) is 10.4. The first-order valence-electron chi connectivity index (χ1n) is 8.76. The summed E-state index contributed by atoms with van der Waals surface area (Å²) < 4.78 is 30.3. The van der Waals surface area contributed by atoms with Crippen LogP contribution < -0.4 is 5.32 Å². The van der Waals surface area contributed by atoms with Crippen LogP contribution in [0.15, 0.2) is 76.0 Å². The lowest BCUT2D eigenvalue weighted by Gasteiger charge is -2.11. The van der Waals surface area contributed by atoms with Crippen molar-refractivity contribution in [2.24, 2.45) is 0 Å². The van der Waals surface area contributed by atoms with Gasteiger partial charge < -0.3 is 14.6 Å². The first kappa shape index (κ1) is 20.3. The molecule has 1 heterocycles. The summed E-state index contributed by atoms with van der Waals surface area (Å²) in [6.07, 6.45) is 0. The maximum Gasteiger partial charge on any atom is 0.291 e. The Balaban J connectivity index is 1.72. The highest BCUT2D eigenvalue weighted by molar-refractivity contribution is 7.90. The Kier molecular flexibility index (Phi) is 5.84. The lowest BCUT2D eigenvalue weighted by atomic mass is 10.2. The van der Waals surface area contributed by atoms with Gasteiger partial charge in [0, 0.05) is 25.3 Å². The molecule has 0 spiro atoms. The molecule has 0 aliphatic rings. The van der Waals surface area contributed by atoms with Gasteiger partial charge in [0.05, 0.1) is 4.90 Å². The number of carbonyl (C=O) groups excluding carboxylic acids is 2. The van der Waals surface area contributed by atoms with Gasteiger partial charge in [-0.2, -0.15) is 0 Å². The van der Waals surface area contributed by atoms with E-state index in [1.165, 1.54) is 29.2 Å². The lowest BCUT2D eigenvalue weighted by Crippen LogP contribution is -2.21. The summed E-state index contributed by atoms with van der Waals surface area (Å²) in [6.45, 7) is 0. The number of sulfone groups is 1. The van der Waals surface area contributed by atoms with E-state index >= 15 is 0 Å². The van der Waals surface area contributed by atoms with Gasteiger partial charge in [-0.25, -0.2) is 8.42 Å². The molecule has 0 bridgehead atoms. The number of hydrogen-bond acceptors (Lipinski definition) is 5.